The van der Waals surface area contributed by atoms with Gasteiger partial charge in [-0.05, 0) is 37.3 Å². The molecular weight excluding hydrogens is 302 g/mol. The van der Waals surface area contributed by atoms with Gasteiger partial charge in [0.05, 0.1) is 5.69 Å². The molecule has 0 bridgehead atoms. The molecule has 1 fully saturated rings. The molecule has 0 saturated carbocycles. The number of benzene rings is 1. The quantitative estimate of drug-likeness (QED) is 0.861. The lowest BCUT2D eigenvalue weighted by Gasteiger charge is -2.35. The Kier molecular flexibility index (Phi) is 4.64. The number of hydrogen-bond acceptors (Lipinski definition) is 5. The zero-order valence-electron chi connectivity index (χ0n) is 14.4. The second kappa shape index (κ2) is 6.86. The van der Waals surface area contributed by atoms with Gasteiger partial charge >= 0.3 is 0 Å². The maximum Gasteiger partial charge on any atom is 0.254 e. The van der Waals surface area contributed by atoms with Crippen LogP contribution in [0, 0.1) is 6.92 Å². The van der Waals surface area contributed by atoms with Gasteiger partial charge in [-0.15, -0.1) is 5.10 Å². The third kappa shape index (κ3) is 3.48. The summed E-state index contributed by atoms with van der Waals surface area (Å²) in [5.41, 5.74) is 2.69. The van der Waals surface area contributed by atoms with Crippen LogP contribution >= 0.6 is 0 Å². The van der Waals surface area contributed by atoms with Crippen LogP contribution in [0.15, 0.2) is 36.4 Å². The standard InChI is InChI=1S/C18H23N5O/c1-14-7-8-17(20-19-14)22-9-11-23(12-10-22)18(24)15-5-4-6-16(13-15)21(2)3/h4-8,13H,9-12H2,1-3H3. The van der Waals surface area contributed by atoms with Crippen LogP contribution in [0.5, 0.6) is 0 Å². The van der Waals surface area contributed by atoms with E-state index in [1.165, 1.54) is 0 Å². The number of amides is 1. The van der Waals surface area contributed by atoms with E-state index in [4.69, 9.17) is 0 Å². The van der Waals surface area contributed by atoms with E-state index in [1.807, 2.05) is 67.2 Å². The molecule has 1 saturated heterocycles. The van der Waals surface area contributed by atoms with Gasteiger partial charge in [-0.25, -0.2) is 0 Å². The van der Waals surface area contributed by atoms with Crippen molar-refractivity contribution in [1.29, 1.82) is 0 Å². The van der Waals surface area contributed by atoms with Crippen LogP contribution in [0.3, 0.4) is 0 Å². The number of rotatable bonds is 3. The number of nitrogens with zero attached hydrogens (tertiary/aromatic N) is 5. The van der Waals surface area contributed by atoms with Crippen molar-refractivity contribution < 1.29 is 4.79 Å². The highest BCUT2D eigenvalue weighted by atomic mass is 16.2. The summed E-state index contributed by atoms with van der Waals surface area (Å²) in [6.45, 7) is 4.87. The van der Waals surface area contributed by atoms with Crippen molar-refractivity contribution >= 4 is 17.4 Å². The second-order valence-corrected chi connectivity index (χ2v) is 6.26. The summed E-state index contributed by atoms with van der Waals surface area (Å²) in [7, 11) is 3.95. The van der Waals surface area contributed by atoms with E-state index in [2.05, 4.69) is 15.1 Å². The molecule has 1 amide bonds. The molecule has 6 heteroatoms. The molecule has 0 unspecified atom stereocenters. The average Bonchev–Trinajstić information content (AvgIpc) is 2.62. The Hall–Kier alpha value is -2.63. The Bertz CT molecular complexity index is 706. The van der Waals surface area contributed by atoms with Crippen molar-refractivity contribution in [3.8, 4) is 0 Å². The predicted molar refractivity (Wildman–Crippen MR) is 95.7 cm³/mol. The molecule has 0 radical (unpaired) electrons. The molecular formula is C18H23N5O. The molecule has 0 N–H and O–H groups in total. The van der Waals surface area contributed by atoms with Crippen LogP contribution in [0.25, 0.3) is 0 Å². The van der Waals surface area contributed by atoms with Gasteiger partial charge in [0.1, 0.15) is 0 Å². The zero-order chi connectivity index (χ0) is 17.1. The minimum atomic E-state index is 0.0911. The lowest BCUT2D eigenvalue weighted by atomic mass is 10.1. The van der Waals surface area contributed by atoms with Gasteiger partial charge in [-0.2, -0.15) is 5.10 Å². The third-order valence-electron chi connectivity index (χ3n) is 4.28. The Balaban J connectivity index is 1.65. The minimum Gasteiger partial charge on any atom is -0.378 e. The van der Waals surface area contributed by atoms with Crippen LogP contribution in [0.1, 0.15) is 16.1 Å². The number of hydrogen-bond donors (Lipinski definition) is 0. The maximum absolute atomic E-state index is 12.7. The number of carbonyl (C=O) groups excluding carboxylic acids is 1. The number of carbonyl (C=O) groups is 1. The molecule has 0 spiro atoms. The molecule has 1 aliphatic rings. The molecule has 3 rings (SSSR count). The van der Waals surface area contributed by atoms with Gasteiger partial charge in [0.25, 0.3) is 5.91 Å². The second-order valence-electron chi connectivity index (χ2n) is 6.26. The fourth-order valence-corrected chi connectivity index (χ4v) is 2.80. The predicted octanol–water partition coefficient (Wildman–Crippen LogP) is 1.81. The molecule has 1 aliphatic heterocycles. The molecule has 1 aromatic carbocycles. The fraction of sp³-hybridized carbons (Fsp3) is 0.389. The summed E-state index contributed by atoms with van der Waals surface area (Å²) in [4.78, 5) is 18.8. The van der Waals surface area contributed by atoms with Crippen LogP contribution < -0.4 is 9.80 Å². The van der Waals surface area contributed by atoms with Crippen molar-refractivity contribution in [3.63, 3.8) is 0 Å². The van der Waals surface area contributed by atoms with E-state index in [1.54, 1.807) is 0 Å². The summed E-state index contributed by atoms with van der Waals surface area (Å²) < 4.78 is 0. The average molecular weight is 325 g/mol. The molecule has 0 aliphatic carbocycles. The van der Waals surface area contributed by atoms with E-state index in [9.17, 15) is 4.79 Å². The van der Waals surface area contributed by atoms with Crippen molar-refractivity contribution in [2.45, 2.75) is 6.92 Å². The first-order valence-corrected chi connectivity index (χ1v) is 8.16. The van der Waals surface area contributed by atoms with Crippen molar-refractivity contribution in [2.75, 3.05) is 50.1 Å². The number of anilines is 2. The Morgan fingerprint density at radius 1 is 1.04 bits per heavy atom. The Morgan fingerprint density at radius 2 is 1.79 bits per heavy atom. The Labute approximate surface area is 142 Å². The number of aromatic nitrogens is 2. The third-order valence-corrected chi connectivity index (χ3v) is 4.28. The monoisotopic (exact) mass is 325 g/mol. The largest absolute Gasteiger partial charge is 0.378 e. The summed E-state index contributed by atoms with van der Waals surface area (Å²) >= 11 is 0. The van der Waals surface area contributed by atoms with E-state index < -0.39 is 0 Å². The first kappa shape index (κ1) is 16.2. The van der Waals surface area contributed by atoms with E-state index >= 15 is 0 Å². The van der Waals surface area contributed by atoms with Crippen molar-refractivity contribution in [1.82, 2.24) is 15.1 Å². The van der Waals surface area contributed by atoms with E-state index in [0.29, 0.717) is 13.1 Å². The molecule has 6 nitrogen and oxygen atoms in total. The summed E-state index contributed by atoms with van der Waals surface area (Å²) in [5, 5.41) is 8.33. The lowest BCUT2D eigenvalue weighted by Crippen LogP contribution is -2.49. The van der Waals surface area contributed by atoms with Crippen molar-refractivity contribution in [2.24, 2.45) is 0 Å². The SMILES string of the molecule is Cc1ccc(N2CCN(C(=O)c3cccc(N(C)C)c3)CC2)nn1. The topological polar surface area (TPSA) is 52.6 Å². The summed E-state index contributed by atoms with van der Waals surface area (Å²) in [6, 6.07) is 11.7. The van der Waals surface area contributed by atoms with Crippen LogP contribution in [0.4, 0.5) is 11.5 Å². The van der Waals surface area contributed by atoms with Crippen molar-refractivity contribution in [3.05, 3.63) is 47.7 Å². The van der Waals surface area contributed by atoms with Gasteiger partial charge in [0, 0.05) is 51.5 Å². The van der Waals surface area contributed by atoms with Crippen LogP contribution in [0.2, 0.25) is 0 Å². The molecule has 126 valence electrons. The molecule has 24 heavy (non-hydrogen) atoms. The fourth-order valence-electron chi connectivity index (χ4n) is 2.80. The highest BCUT2D eigenvalue weighted by Crippen LogP contribution is 2.17. The molecule has 1 aromatic heterocycles. The lowest BCUT2D eigenvalue weighted by molar-refractivity contribution is 0.0746. The van der Waals surface area contributed by atoms with Gasteiger partial charge < -0.3 is 14.7 Å². The first-order chi connectivity index (χ1) is 11.5. The summed E-state index contributed by atoms with van der Waals surface area (Å²) in [6.07, 6.45) is 0. The highest BCUT2D eigenvalue weighted by Gasteiger charge is 2.23. The minimum absolute atomic E-state index is 0.0911. The van der Waals surface area contributed by atoms with Crippen LogP contribution in [-0.4, -0.2) is 61.3 Å². The maximum atomic E-state index is 12.7. The van der Waals surface area contributed by atoms with E-state index in [-0.39, 0.29) is 5.91 Å². The Morgan fingerprint density at radius 3 is 2.42 bits per heavy atom. The summed E-state index contributed by atoms with van der Waals surface area (Å²) in [5.74, 6) is 0.968. The van der Waals surface area contributed by atoms with E-state index in [0.717, 1.165) is 35.9 Å². The molecule has 0 atom stereocenters. The van der Waals surface area contributed by atoms with Gasteiger partial charge in [0.15, 0.2) is 5.82 Å². The first-order valence-electron chi connectivity index (χ1n) is 8.16. The van der Waals surface area contributed by atoms with Crippen LogP contribution in [-0.2, 0) is 0 Å². The van der Waals surface area contributed by atoms with Gasteiger partial charge in [-0.1, -0.05) is 6.07 Å². The highest BCUT2D eigenvalue weighted by molar-refractivity contribution is 5.95. The molecule has 2 heterocycles. The van der Waals surface area contributed by atoms with Gasteiger partial charge in [0.2, 0.25) is 0 Å². The van der Waals surface area contributed by atoms with Gasteiger partial charge in [-0.3, -0.25) is 4.79 Å². The normalized spacial score (nSPS) is 14.6. The number of aryl methyl sites for hydroxylation is 1. The number of piperazine rings is 1. The zero-order valence-corrected chi connectivity index (χ0v) is 14.4. The smallest absolute Gasteiger partial charge is 0.254 e. The molecule has 2 aromatic rings.